The van der Waals surface area contributed by atoms with E-state index in [2.05, 4.69) is 0 Å². The van der Waals surface area contributed by atoms with E-state index in [4.69, 9.17) is 4.74 Å². The summed E-state index contributed by atoms with van der Waals surface area (Å²) in [6, 6.07) is 26.1. The average Bonchev–Trinajstić information content (AvgIpc) is 2.83. The van der Waals surface area contributed by atoms with Gasteiger partial charge in [-0.05, 0) is 29.3 Å². The van der Waals surface area contributed by atoms with Crippen LogP contribution in [0.1, 0.15) is 21.5 Å². The van der Waals surface area contributed by atoms with Crippen LogP contribution in [0.15, 0.2) is 84.9 Å². The molecule has 1 fully saturated rings. The Labute approximate surface area is 189 Å². The molecule has 0 unspecified atom stereocenters. The Morgan fingerprint density at radius 2 is 1.41 bits per heavy atom. The van der Waals surface area contributed by atoms with Crippen molar-refractivity contribution < 1.29 is 17.9 Å². The van der Waals surface area contributed by atoms with E-state index in [1.165, 1.54) is 4.31 Å². The molecule has 1 heterocycles. The Morgan fingerprint density at radius 3 is 2.06 bits per heavy atom. The zero-order valence-corrected chi connectivity index (χ0v) is 18.6. The van der Waals surface area contributed by atoms with Crippen LogP contribution < -0.4 is 4.74 Å². The predicted octanol–water partition coefficient (Wildman–Crippen LogP) is 3.55. The van der Waals surface area contributed by atoms with Crippen LogP contribution >= 0.6 is 0 Å². The van der Waals surface area contributed by atoms with E-state index in [0.717, 1.165) is 11.1 Å². The van der Waals surface area contributed by atoms with E-state index in [1.54, 1.807) is 23.1 Å². The molecule has 166 valence electrons. The van der Waals surface area contributed by atoms with Crippen molar-refractivity contribution in [3.63, 3.8) is 0 Å². The number of hydrogen-bond acceptors (Lipinski definition) is 4. The standard InChI is InChI=1S/C25H26N2O4S/c28-25(23-12-7-13-24(18-23)31-19-21-8-3-1-4-9-21)26-14-16-27(17-15-26)32(29,30)20-22-10-5-2-6-11-22/h1-13,18H,14-17,19-20H2. The minimum Gasteiger partial charge on any atom is -0.489 e. The molecule has 0 saturated carbocycles. The maximum absolute atomic E-state index is 13.0. The van der Waals surface area contributed by atoms with E-state index in [1.807, 2.05) is 66.7 Å². The van der Waals surface area contributed by atoms with Crippen molar-refractivity contribution in [2.75, 3.05) is 26.2 Å². The third-order valence-electron chi connectivity index (χ3n) is 5.44. The van der Waals surface area contributed by atoms with E-state index >= 15 is 0 Å². The van der Waals surface area contributed by atoms with Crippen LogP contribution in [0.4, 0.5) is 0 Å². The molecule has 0 N–H and O–H groups in total. The average molecular weight is 451 g/mol. The number of rotatable bonds is 7. The molecule has 7 heteroatoms. The molecule has 0 aromatic heterocycles. The van der Waals surface area contributed by atoms with Crippen LogP contribution in [-0.2, 0) is 22.4 Å². The summed E-state index contributed by atoms with van der Waals surface area (Å²) >= 11 is 0. The second kappa shape index (κ2) is 9.97. The van der Waals surface area contributed by atoms with Gasteiger partial charge in [0.05, 0.1) is 5.75 Å². The Balaban J connectivity index is 1.34. The third kappa shape index (κ3) is 5.55. The number of benzene rings is 3. The highest BCUT2D eigenvalue weighted by molar-refractivity contribution is 7.88. The van der Waals surface area contributed by atoms with Crippen molar-refractivity contribution in [2.24, 2.45) is 0 Å². The number of ether oxygens (including phenoxy) is 1. The lowest BCUT2D eigenvalue weighted by Crippen LogP contribution is -2.50. The van der Waals surface area contributed by atoms with Gasteiger partial charge in [0.25, 0.3) is 5.91 Å². The van der Waals surface area contributed by atoms with Crippen LogP contribution in [0.5, 0.6) is 5.75 Å². The molecule has 0 aliphatic carbocycles. The summed E-state index contributed by atoms with van der Waals surface area (Å²) in [5.74, 6) is 0.488. The van der Waals surface area contributed by atoms with Crippen molar-refractivity contribution in [1.29, 1.82) is 0 Å². The Bertz CT molecular complexity index is 1140. The van der Waals surface area contributed by atoms with E-state index in [9.17, 15) is 13.2 Å². The van der Waals surface area contributed by atoms with Crippen molar-refractivity contribution in [2.45, 2.75) is 12.4 Å². The lowest BCUT2D eigenvalue weighted by atomic mass is 10.1. The van der Waals surface area contributed by atoms with Crippen molar-refractivity contribution in [3.05, 3.63) is 102 Å². The van der Waals surface area contributed by atoms with Gasteiger partial charge in [-0.1, -0.05) is 66.7 Å². The first kappa shape index (κ1) is 22.0. The summed E-state index contributed by atoms with van der Waals surface area (Å²) in [5, 5.41) is 0. The lowest BCUT2D eigenvalue weighted by molar-refractivity contribution is 0.0697. The highest BCUT2D eigenvalue weighted by Crippen LogP contribution is 2.19. The molecule has 0 atom stereocenters. The molecule has 0 bridgehead atoms. The molecule has 0 radical (unpaired) electrons. The fourth-order valence-corrected chi connectivity index (χ4v) is 5.20. The minimum absolute atomic E-state index is 0.0252. The number of hydrogen-bond donors (Lipinski definition) is 0. The van der Waals surface area contributed by atoms with Crippen molar-refractivity contribution >= 4 is 15.9 Å². The summed E-state index contributed by atoms with van der Waals surface area (Å²) < 4.78 is 32.8. The summed E-state index contributed by atoms with van der Waals surface area (Å²) in [5.41, 5.74) is 2.35. The first-order valence-corrected chi connectivity index (χ1v) is 12.2. The Hall–Kier alpha value is -3.16. The second-order valence-corrected chi connectivity index (χ2v) is 9.70. The number of carbonyl (C=O) groups is 1. The molecule has 3 aromatic carbocycles. The van der Waals surface area contributed by atoms with Crippen LogP contribution in [-0.4, -0.2) is 49.7 Å². The first-order valence-electron chi connectivity index (χ1n) is 10.6. The molecule has 0 spiro atoms. The van der Waals surface area contributed by atoms with E-state index < -0.39 is 10.0 Å². The molecular weight excluding hydrogens is 424 g/mol. The SMILES string of the molecule is O=C(c1cccc(OCc2ccccc2)c1)N1CCN(S(=O)(=O)Cc2ccccc2)CC1. The van der Waals surface area contributed by atoms with Gasteiger partial charge in [0.1, 0.15) is 12.4 Å². The molecule has 3 aromatic rings. The predicted molar refractivity (Wildman–Crippen MR) is 124 cm³/mol. The normalized spacial score (nSPS) is 14.8. The van der Waals surface area contributed by atoms with Crippen LogP contribution in [0.25, 0.3) is 0 Å². The number of carbonyl (C=O) groups excluding carboxylic acids is 1. The van der Waals surface area contributed by atoms with Gasteiger partial charge in [0, 0.05) is 31.7 Å². The second-order valence-electron chi connectivity index (χ2n) is 7.74. The van der Waals surface area contributed by atoms with Crippen molar-refractivity contribution in [3.8, 4) is 5.75 Å². The van der Waals surface area contributed by atoms with E-state index in [-0.39, 0.29) is 11.7 Å². The summed E-state index contributed by atoms with van der Waals surface area (Å²) in [6.45, 7) is 1.75. The first-order chi connectivity index (χ1) is 15.5. The topological polar surface area (TPSA) is 66.9 Å². The van der Waals surface area contributed by atoms with Gasteiger partial charge in [-0.25, -0.2) is 8.42 Å². The zero-order chi connectivity index (χ0) is 22.4. The molecule has 1 amide bonds. The highest BCUT2D eigenvalue weighted by atomic mass is 32.2. The molecule has 32 heavy (non-hydrogen) atoms. The fourth-order valence-electron chi connectivity index (χ4n) is 3.69. The lowest BCUT2D eigenvalue weighted by Gasteiger charge is -2.34. The van der Waals surface area contributed by atoms with Gasteiger partial charge in [-0.15, -0.1) is 0 Å². The van der Waals surface area contributed by atoms with Crippen molar-refractivity contribution in [1.82, 2.24) is 9.21 Å². The number of nitrogens with zero attached hydrogens (tertiary/aromatic N) is 2. The number of sulfonamides is 1. The smallest absolute Gasteiger partial charge is 0.254 e. The fraction of sp³-hybridized carbons (Fsp3) is 0.240. The van der Waals surface area contributed by atoms with Gasteiger partial charge in [-0.3, -0.25) is 4.79 Å². The van der Waals surface area contributed by atoms with Gasteiger partial charge < -0.3 is 9.64 Å². The largest absolute Gasteiger partial charge is 0.489 e. The van der Waals surface area contributed by atoms with Crippen LogP contribution in [0, 0.1) is 0 Å². The maximum atomic E-state index is 13.0. The number of amides is 1. The van der Waals surface area contributed by atoms with Gasteiger partial charge in [-0.2, -0.15) is 4.31 Å². The third-order valence-corrected chi connectivity index (χ3v) is 7.29. The summed E-state index contributed by atoms with van der Waals surface area (Å²) in [4.78, 5) is 14.7. The minimum atomic E-state index is -3.42. The van der Waals surface area contributed by atoms with Crippen LogP contribution in [0.3, 0.4) is 0 Å². The van der Waals surface area contributed by atoms with E-state index in [0.29, 0.717) is 44.1 Å². The maximum Gasteiger partial charge on any atom is 0.254 e. The molecule has 1 saturated heterocycles. The van der Waals surface area contributed by atoms with Gasteiger partial charge in [0.15, 0.2) is 0 Å². The Morgan fingerprint density at radius 1 is 0.781 bits per heavy atom. The Kier molecular flexibility index (Phi) is 6.87. The molecule has 1 aliphatic heterocycles. The molecule has 1 aliphatic rings. The number of piperazine rings is 1. The zero-order valence-electron chi connectivity index (χ0n) is 17.8. The van der Waals surface area contributed by atoms with Gasteiger partial charge in [0.2, 0.25) is 10.0 Å². The van der Waals surface area contributed by atoms with Crippen LogP contribution in [0.2, 0.25) is 0 Å². The quantitative estimate of drug-likeness (QED) is 0.552. The molecule has 4 rings (SSSR count). The highest BCUT2D eigenvalue weighted by Gasteiger charge is 2.29. The molecule has 6 nitrogen and oxygen atoms in total. The monoisotopic (exact) mass is 450 g/mol. The summed E-state index contributed by atoms with van der Waals surface area (Å²) in [6.07, 6.45) is 0. The van der Waals surface area contributed by atoms with Gasteiger partial charge >= 0.3 is 0 Å². The molecular formula is C25H26N2O4S. The summed E-state index contributed by atoms with van der Waals surface area (Å²) in [7, 11) is -3.42.